The van der Waals surface area contributed by atoms with Gasteiger partial charge in [-0.25, -0.2) is 19.2 Å². The van der Waals surface area contributed by atoms with Crippen LogP contribution in [0.15, 0.2) is 18.2 Å². The molecule has 0 bridgehead atoms. The fourth-order valence-electron chi connectivity index (χ4n) is 2.35. The van der Waals surface area contributed by atoms with Crippen LogP contribution in [0, 0.1) is 12.7 Å². The molecule has 5 nitrogen and oxygen atoms in total. The van der Waals surface area contributed by atoms with Gasteiger partial charge in [-0.3, -0.25) is 0 Å². The van der Waals surface area contributed by atoms with Gasteiger partial charge in [0.15, 0.2) is 0 Å². The molecule has 1 aromatic carbocycles. The molecule has 2 heterocycles. The molecular formula is C15H11ClFN3O2S. The molecule has 0 aliphatic rings. The first-order chi connectivity index (χ1) is 10.9. The van der Waals surface area contributed by atoms with Crippen molar-refractivity contribution in [2.75, 3.05) is 5.73 Å². The van der Waals surface area contributed by atoms with E-state index in [2.05, 4.69) is 9.97 Å². The zero-order valence-corrected chi connectivity index (χ0v) is 13.5. The highest BCUT2D eigenvalue weighted by molar-refractivity contribution is 7.20. The number of hydrogen-bond donors (Lipinski definition) is 2. The number of fused-ring (bicyclic) bond motifs is 1. The number of rotatable bonds is 3. The molecule has 0 fully saturated rings. The number of halogens is 2. The molecular weight excluding hydrogens is 341 g/mol. The molecule has 0 saturated carbocycles. The monoisotopic (exact) mass is 351 g/mol. The Hall–Kier alpha value is -2.25. The number of thiophene rings is 1. The standard InChI is InChI=1S/C15H11ClFN3O2S/c1-6-10-13(18)19-9(20-14(10)23-12(6)15(21)22)5-7-3-2-4-8(16)11(7)17/h2-4H,5H2,1H3,(H,21,22)(H2,18,19,20). The highest BCUT2D eigenvalue weighted by Crippen LogP contribution is 2.33. The maximum atomic E-state index is 14.0. The van der Waals surface area contributed by atoms with Gasteiger partial charge in [-0.05, 0) is 24.1 Å². The van der Waals surface area contributed by atoms with Crippen LogP contribution in [0.5, 0.6) is 0 Å². The molecule has 0 aliphatic heterocycles. The summed E-state index contributed by atoms with van der Waals surface area (Å²) in [5.41, 5.74) is 6.82. The highest BCUT2D eigenvalue weighted by Gasteiger charge is 2.19. The van der Waals surface area contributed by atoms with Gasteiger partial charge in [0.2, 0.25) is 0 Å². The van der Waals surface area contributed by atoms with Crippen molar-refractivity contribution >= 4 is 44.9 Å². The minimum atomic E-state index is -1.03. The number of benzene rings is 1. The van der Waals surface area contributed by atoms with E-state index in [1.165, 1.54) is 6.07 Å². The third kappa shape index (κ3) is 2.73. The second-order valence-electron chi connectivity index (χ2n) is 4.96. The number of nitrogens with zero attached hydrogens (tertiary/aromatic N) is 2. The Balaban J connectivity index is 2.09. The molecule has 3 N–H and O–H groups in total. The van der Waals surface area contributed by atoms with Crippen LogP contribution >= 0.6 is 22.9 Å². The number of nitrogen functional groups attached to an aromatic ring is 1. The zero-order valence-electron chi connectivity index (χ0n) is 11.9. The van der Waals surface area contributed by atoms with Crippen LogP contribution in [-0.2, 0) is 6.42 Å². The van der Waals surface area contributed by atoms with Gasteiger partial charge in [-0.15, -0.1) is 11.3 Å². The first-order valence-electron chi connectivity index (χ1n) is 6.60. The van der Waals surface area contributed by atoms with Crippen LogP contribution in [0.25, 0.3) is 10.2 Å². The highest BCUT2D eigenvalue weighted by atomic mass is 35.5. The molecule has 0 saturated heterocycles. The van der Waals surface area contributed by atoms with Crippen LogP contribution in [0.1, 0.15) is 26.6 Å². The quantitative estimate of drug-likeness (QED) is 0.751. The van der Waals surface area contributed by atoms with E-state index in [1.54, 1.807) is 19.1 Å². The molecule has 0 amide bonds. The summed E-state index contributed by atoms with van der Waals surface area (Å²) in [5, 5.41) is 9.74. The molecule has 8 heteroatoms. The van der Waals surface area contributed by atoms with E-state index in [9.17, 15) is 14.3 Å². The Kier molecular flexibility index (Phi) is 3.91. The molecule has 23 heavy (non-hydrogen) atoms. The van der Waals surface area contributed by atoms with Crippen molar-refractivity contribution in [1.29, 1.82) is 0 Å². The largest absolute Gasteiger partial charge is 0.477 e. The molecule has 0 aliphatic carbocycles. The third-order valence-electron chi connectivity index (χ3n) is 3.44. The minimum absolute atomic E-state index is 0.0247. The Morgan fingerprint density at radius 1 is 1.43 bits per heavy atom. The average Bonchev–Trinajstić information content (AvgIpc) is 2.81. The Bertz CT molecular complexity index is 942. The van der Waals surface area contributed by atoms with Crippen LogP contribution in [0.4, 0.5) is 10.2 Å². The van der Waals surface area contributed by atoms with E-state index in [4.69, 9.17) is 17.3 Å². The summed E-state index contributed by atoms with van der Waals surface area (Å²) in [6.07, 6.45) is 0.117. The van der Waals surface area contributed by atoms with E-state index in [0.29, 0.717) is 27.2 Å². The number of aromatic carboxylic acids is 1. The van der Waals surface area contributed by atoms with E-state index in [1.807, 2.05) is 0 Å². The van der Waals surface area contributed by atoms with E-state index < -0.39 is 11.8 Å². The van der Waals surface area contributed by atoms with E-state index in [-0.39, 0.29) is 22.1 Å². The van der Waals surface area contributed by atoms with Crippen LogP contribution in [0.2, 0.25) is 5.02 Å². The summed E-state index contributed by atoms with van der Waals surface area (Å²) in [7, 11) is 0. The summed E-state index contributed by atoms with van der Waals surface area (Å²) < 4.78 is 14.0. The lowest BCUT2D eigenvalue weighted by Gasteiger charge is -2.05. The first kappa shape index (κ1) is 15.6. The van der Waals surface area contributed by atoms with Crippen LogP contribution in [0.3, 0.4) is 0 Å². The molecule has 3 rings (SSSR count). The smallest absolute Gasteiger partial charge is 0.346 e. The Morgan fingerprint density at radius 2 is 2.17 bits per heavy atom. The zero-order chi connectivity index (χ0) is 16.7. The van der Waals surface area contributed by atoms with Crippen LogP contribution in [-0.4, -0.2) is 21.0 Å². The maximum Gasteiger partial charge on any atom is 0.346 e. The summed E-state index contributed by atoms with van der Waals surface area (Å²) in [4.78, 5) is 20.4. The van der Waals surface area contributed by atoms with Crippen LogP contribution < -0.4 is 5.73 Å². The van der Waals surface area contributed by atoms with Crippen molar-refractivity contribution < 1.29 is 14.3 Å². The fraction of sp³-hybridized carbons (Fsp3) is 0.133. The average molecular weight is 352 g/mol. The minimum Gasteiger partial charge on any atom is -0.477 e. The van der Waals surface area contributed by atoms with Crippen molar-refractivity contribution in [2.45, 2.75) is 13.3 Å². The van der Waals surface area contributed by atoms with E-state index in [0.717, 1.165) is 11.3 Å². The Labute approximate surface area is 139 Å². The number of aryl methyl sites for hydroxylation is 1. The molecule has 3 aromatic rings. The predicted octanol–water partition coefficient (Wildman–Crippen LogP) is 3.66. The van der Waals surface area contributed by atoms with Crippen molar-refractivity contribution in [3.8, 4) is 0 Å². The topological polar surface area (TPSA) is 89.1 Å². The molecule has 0 spiro atoms. The fourth-order valence-corrected chi connectivity index (χ4v) is 3.59. The van der Waals surface area contributed by atoms with E-state index >= 15 is 0 Å². The number of carbonyl (C=O) groups is 1. The molecule has 0 radical (unpaired) electrons. The van der Waals surface area contributed by atoms with Crippen molar-refractivity contribution in [2.24, 2.45) is 0 Å². The number of carboxylic acid groups (broad SMARTS) is 1. The van der Waals surface area contributed by atoms with Gasteiger partial charge in [-0.1, -0.05) is 23.7 Å². The SMILES string of the molecule is Cc1c(C(=O)O)sc2nc(Cc3cccc(Cl)c3F)nc(N)c12. The van der Waals surface area contributed by atoms with Gasteiger partial charge in [0.25, 0.3) is 0 Å². The molecule has 118 valence electrons. The van der Waals surface area contributed by atoms with Crippen molar-refractivity contribution in [3.63, 3.8) is 0 Å². The predicted molar refractivity (Wildman–Crippen MR) is 87.7 cm³/mol. The maximum absolute atomic E-state index is 14.0. The van der Waals surface area contributed by atoms with Gasteiger partial charge >= 0.3 is 5.97 Å². The number of anilines is 1. The molecule has 0 unspecified atom stereocenters. The van der Waals surface area contributed by atoms with Crippen molar-refractivity contribution in [1.82, 2.24) is 9.97 Å². The normalized spacial score (nSPS) is 11.1. The lowest BCUT2D eigenvalue weighted by Crippen LogP contribution is -2.03. The summed E-state index contributed by atoms with van der Waals surface area (Å²) in [6, 6.07) is 4.69. The van der Waals surface area contributed by atoms with Gasteiger partial charge < -0.3 is 10.8 Å². The first-order valence-corrected chi connectivity index (χ1v) is 7.79. The summed E-state index contributed by atoms with van der Waals surface area (Å²) in [6.45, 7) is 1.66. The second kappa shape index (κ2) is 5.75. The van der Waals surface area contributed by atoms with Gasteiger partial charge in [0, 0.05) is 6.42 Å². The summed E-state index contributed by atoms with van der Waals surface area (Å²) in [5.74, 6) is -1.06. The number of aromatic nitrogens is 2. The lowest BCUT2D eigenvalue weighted by atomic mass is 10.1. The number of nitrogens with two attached hydrogens (primary N) is 1. The van der Waals surface area contributed by atoms with Gasteiger partial charge in [-0.2, -0.15) is 0 Å². The number of hydrogen-bond acceptors (Lipinski definition) is 5. The van der Waals surface area contributed by atoms with Gasteiger partial charge in [0.1, 0.15) is 27.2 Å². The lowest BCUT2D eigenvalue weighted by molar-refractivity contribution is 0.0701. The van der Waals surface area contributed by atoms with Crippen molar-refractivity contribution in [3.05, 3.63) is 50.9 Å². The summed E-state index contributed by atoms with van der Waals surface area (Å²) >= 11 is 6.79. The van der Waals surface area contributed by atoms with Gasteiger partial charge in [0.05, 0.1) is 10.4 Å². The Morgan fingerprint density at radius 3 is 2.87 bits per heavy atom. The third-order valence-corrected chi connectivity index (χ3v) is 4.90. The molecule has 0 atom stereocenters. The number of carboxylic acids is 1. The molecule has 2 aromatic heterocycles. The second-order valence-corrected chi connectivity index (χ2v) is 6.36.